The summed E-state index contributed by atoms with van der Waals surface area (Å²) in [6, 6.07) is 18.7. The second kappa shape index (κ2) is 7.92. The van der Waals surface area contributed by atoms with Gasteiger partial charge in [0.05, 0.1) is 5.69 Å². The van der Waals surface area contributed by atoms with Gasteiger partial charge in [-0.3, -0.25) is 9.59 Å². The van der Waals surface area contributed by atoms with E-state index in [1.807, 2.05) is 42.6 Å². The Labute approximate surface area is 161 Å². The number of nitrogens with zero attached hydrogens (tertiary/aromatic N) is 1. The van der Waals surface area contributed by atoms with Crippen molar-refractivity contribution < 1.29 is 4.79 Å². The maximum atomic E-state index is 12.3. The summed E-state index contributed by atoms with van der Waals surface area (Å²) in [7, 11) is 0. The van der Waals surface area contributed by atoms with Crippen molar-refractivity contribution in [3.8, 4) is 11.3 Å². The SMILES string of the molecule is O=C(CCCc1c[nH]c2ccccc12)Nc1cccc(-c2ccc(=O)[nH]n2)c1. The molecule has 6 nitrogen and oxygen atoms in total. The number of nitrogens with one attached hydrogen (secondary N) is 3. The predicted molar refractivity (Wildman–Crippen MR) is 110 cm³/mol. The Balaban J connectivity index is 1.35. The molecule has 0 aliphatic heterocycles. The van der Waals surface area contributed by atoms with Gasteiger partial charge >= 0.3 is 0 Å². The highest BCUT2D eigenvalue weighted by Gasteiger charge is 2.07. The van der Waals surface area contributed by atoms with Crippen molar-refractivity contribution in [1.82, 2.24) is 15.2 Å². The summed E-state index contributed by atoms with van der Waals surface area (Å²) in [5, 5.41) is 10.6. The van der Waals surface area contributed by atoms with Gasteiger partial charge in [0.25, 0.3) is 5.56 Å². The first-order valence-corrected chi connectivity index (χ1v) is 9.20. The number of aromatic nitrogens is 3. The van der Waals surface area contributed by atoms with Crippen LogP contribution in [0, 0.1) is 0 Å². The van der Waals surface area contributed by atoms with Crippen LogP contribution in [0.2, 0.25) is 0 Å². The van der Waals surface area contributed by atoms with Gasteiger partial charge < -0.3 is 10.3 Å². The Bertz CT molecular complexity index is 1160. The molecule has 0 unspecified atom stereocenters. The van der Waals surface area contributed by atoms with Gasteiger partial charge in [-0.1, -0.05) is 30.3 Å². The number of aromatic amines is 2. The summed E-state index contributed by atoms with van der Waals surface area (Å²) in [6.45, 7) is 0. The lowest BCUT2D eigenvalue weighted by Crippen LogP contribution is -2.11. The molecule has 2 aromatic carbocycles. The Morgan fingerprint density at radius 3 is 2.79 bits per heavy atom. The fraction of sp³-hybridized carbons (Fsp3) is 0.136. The molecule has 0 bridgehead atoms. The van der Waals surface area contributed by atoms with Gasteiger partial charge in [-0.25, -0.2) is 5.10 Å². The molecule has 1 amide bonds. The van der Waals surface area contributed by atoms with E-state index in [2.05, 4.69) is 32.6 Å². The molecule has 0 aliphatic carbocycles. The van der Waals surface area contributed by atoms with E-state index >= 15 is 0 Å². The monoisotopic (exact) mass is 372 g/mol. The smallest absolute Gasteiger partial charge is 0.264 e. The zero-order valence-electron chi connectivity index (χ0n) is 15.2. The molecule has 0 saturated carbocycles. The minimum absolute atomic E-state index is 0.0218. The van der Waals surface area contributed by atoms with Crippen LogP contribution in [0.4, 0.5) is 5.69 Å². The van der Waals surface area contributed by atoms with E-state index in [0.717, 1.165) is 23.9 Å². The number of amides is 1. The van der Waals surface area contributed by atoms with Gasteiger partial charge in [-0.05, 0) is 42.7 Å². The molecule has 3 N–H and O–H groups in total. The van der Waals surface area contributed by atoms with Crippen LogP contribution in [0.3, 0.4) is 0 Å². The van der Waals surface area contributed by atoms with E-state index in [4.69, 9.17) is 0 Å². The van der Waals surface area contributed by atoms with Crippen LogP contribution in [-0.4, -0.2) is 21.1 Å². The number of carbonyl (C=O) groups is 1. The fourth-order valence-electron chi connectivity index (χ4n) is 3.26. The van der Waals surface area contributed by atoms with E-state index in [9.17, 15) is 9.59 Å². The number of aryl methyl sites for hydroxylation is 1. The second-order valence-corrected chi connectivity index (χ2v) is 6.65. The Kier molecular flexibility index (Phi) is 5.01. The molecular formula is C22H20N4O2. The number of benzene rings is 2. The van der Waals surface area contributed by atoms with Crippen molar-refractivity contribution in [2.45, 2.75) is 19.3 Å². The molecule has 2 heterocycles. The van der Waals surface area contributed by atoms with Crippen LogP contribution in [0.5, 0.6) is 0 Å². The Morgan fingerprint density at radius 2 is 1.93 bits per heavy atom. The maximum absolute atomic E-state index is 12.3. The molecule has 0 fully saturated rings. The largest absolute Gasteiger partial charge is 0.361 e. The number of hydrogen-bond donors (Lipinski definition) is 3. The van der Waals surface area contributed by atoms with Crippen molar-refractivity contribution in [1.29, 1.82) is 0 Å². The van der Waals surface area contributed by atoms with E-state index in [1.165, 1.54) is 17.0 Å². The third-order valence-electron chi connectivity index (χ3n) is 4.65. The van der Waals surface area contributed by atoms with E-state index < -0.39 is 0 Å². The van der Waals surface area contributed by atoms with E-state index in [1.54, 1.807) is 6.07 Å². The number of carbonyl (C=O) groups excluding carboxylic acids is 1. The number of para-hydroxylation sites is 1. The Morgan fingerprint density at radius 1 is 1.04 bits per heavy atom. The average molecular weight is 372 g/mol. The number of anilines is 1. The zero-order valence-corrected chi connectivity index (χ0v) is 15.2. The Hall–Kier alpha value is -3.67. The van der Waals surface area contributed by atoms with Crippen LogP contribution in [0.25, 0.3) is 22.2 Å². The summed E-state index contributed by atoms with van der Waals surface area (Å²) in [5.41, 5.74) is 4.29. The topological polar surface area (TPSA) is 90.6 Å². The third-order valence-corrected chi connectivity index (χ3v) is 4.65. The van der Waals surface area contributed by atoms with Gasteiger partial charge in [-0.2, -0.15) is 5.10 Å². The summed E-state index contributed by atoms with van der Waals surface area (Å²) in [4.78, 5) is 26.7. The number of rotatable bonds is 6. The number of H-pyrrole nitrogens is 2. The maximum Gasteiger partial charge on any atom is 0.264 e. The fourth-order valence-corrected chi connectivity index (χ4v) is 3.26. The molecule has 4 aromatic rings. The number of hydrogen-bond acceptors (Lipinski definition) is 3. The van der Waals surface area contributed by atoms with Crippen LogP contribution in [0.15, 0.2) is 71.7 Å². The molecule has 4 rings (SSSR count). The highest BCUT2D eigenvalue weighted by atomic mass is 16.1. The minimum Gasteiger partial charge on any atom is -0.361 e. The molecule has 28 heavy (non-hydrogen) atoms. The van der Waals surface area contributed by atoms with Gasteiger partial charge in [0.1, 0.15) is 0 Å². The third kappa shape index (κ3) is 4.01. The molecule has 0 aliphatic rings. The first-order chi connectivity index (χ1) is 13.7. The molecular weight excluding hydrogens is 352 g/mol. The molecule has 6 heteroatoms. The van der Waals surface area contributed by atoms with Crippen LogP contribution < -0.4 is 10.9 Å². The van der Waals surface area contributed by atoms with Crippen molar-refractivity contribution in [3.63, 3.8) is 0 Å². The molecule has 0 radical (unpaired) electrons. The van der Waals surface area contributed by atoms with E-state index in [-0.39, 0.29) is 11.5 Å². The van der Waals surface area contributed by atoms with E-state index in [0.29, 0.717) is 17.8 Å². The first-order valence-electron chi connectivity index (χ1n) is 9.20. The quantitative estimate of drug-likeness (QED) is 0.480. The van der Waals surface area contributed by atoms with Crippen LogP contribution in [0.1, 0.15) is 18.4 Å². The first kappa shape index (κ1) is 17.7. The molecule has 0 atom stereocenters. The zero-order chi connectivity index (χ0) is 19.3. The summed E-state index contributed by atoms with van der Waals surface area (Å²) >= 11 is 0. The van der Waals surface area contributed by atoms with Gasteiger partial charge in [0.15, 0.2) is 0 Å². The standard InChI is InChI=1S/C22H20N4O2/c27-21(10-4-6-16-14-23-20-9-2-1-8-18(16)20)24-17-7-3-5-15(13-17)19-11-12-22(28)26-25-19/h1-3,5,7-9,11-14,23H,4,6,10H2,(H,24,27)(H,26,28). The summed E-state index contributed by atoms with van der Waals surface area (Å²) in [5.74, 6) is -0.0218. The highest BCUT2D eigenvalue weighted by Crippen LogP contribution is 2.21. The van der Waals surface area contributed by atoms with Gasteiger partial charge in [-0.15, -0.1) is 0 Å². The van der Waals surface area contributed by atoms with Crippen LogP contribution in [-0.2, 0) is 11.2 Å². The molecule has 0 spiro atoms. The molecule has 0 saturated heterocycles. The predicted octanol–water partition coefficient (Wildman–Crippen LogP) is 3.88. The van der Waals surface area contributed by atoms with Gasteiger partial charge in [0.2, 0.25) is 5.91 Å². The van der Waals surface area contributed by atoms with Crippen molar-refractivity contribution in [2.24, 2.45) is 0 Å². The minimum atomic E-state index is -0.247. The normalized spacial score (nSPS) is 10.9. The average Bonchev–Trinajstić information content (AvgIpc) is 3.12. The van der Waals surface area contributed by atoms with Gasteiger partial charge in [0, 0.05) is 40.8 Å². The van der Waals surface area contributed by atoms with Crippen LogP contribution >= 0.6 is 0 Å². The summed E-state index contributed by atoms with van der Waals surface area (Å²) in [6.07, 6.45) is 4.08. The second-order valence-electron chi connectivity index (χ2n) is 6.65. The highest BCUT2D eigenvalue weighted by molar-refractivity contribution is 5.91. The van der Waals surface area contributed by atoms with Crippen molar-refractivity contribution >= 4 is 22.5 Å². The molecule has 140 valence electrons. The lowest BCUT2D eigenvalue weighted by Gasteiger charge is -2.07. The lowest BCUT2D eigenvalue weighted by atomic mass is 10.1. The number of fused-ring (bicyclic) bond motifs is 1. The molecule has 2 aromatic heterocycles. The van der Waals surface area contributed by atoms with Crippen molar-refractivity contribution in [3.05, 3.63) is 82.8 Å². The summed E-state index contributed by atoms with van der Waals surface area (Å²) < 4.78 is 0. The van der Waals surface area contributed by atoms with Crippen molar-refractivity contribution in [2.75, 3.05) is 5.32 Å². The lowest BCUT2D eigenvalue weighted by molar-refractivity contribution is -0.116.